The van der Waals surface area contributed by atoms with Crippen LogP contribution in [-0.2, 0) is 4.79 Å². The Morgan fingerprint density at radius 3 is 2.42 bits per heavy atom. The highest BCUT2D eigenvalue weighted by Crippen LogP contribution is 2.39. The quantitative estimate of drug-likeness (QED) is 0.600. The molecule has 1 saturated carbocycles. The summed E-state index contributed by atoms with van der Waals surface area (Å²) in [7, 11) is 0. The van der Waals surface area contributed by atoms with Crippen molar-refractivity contribution < 1.29 is 9.90 Å². The van der Waals surface area contributed by atoms with Crippen LogP contribution in [-0.4, -0.2) is 17.0 Å². The van der Waals surface area contributed by atoms with Gasteiger partial charge in [-0.1, -0.05) is 27.7 Å². The van der Waals surface area contributed by atoms with Crippen LogP contribution >= 0.6 is 0 Å². The summed E-state index contributed by atoms with van der Waals surface area (Å²) in [6.07, 6.45) is 0.332. The summed E-state index contributed by atoms with van der Waals surface area (Å²) in [5.74, 6) is 0.129. The molecule has 0 aromatic heterocycles. The molecule has 1 fully saturated rings. The second kappa shape index (κ2) is 2.84. The van der Waals surface area contributed by atoms with Gasteiger partial charge in [0.25, 0.3) is 0 Å². The molecule has 1 N–H and O–H groups in total. The zero-order valence-corrected chi connectivity index (χ0v) is 8.29. The molecule has 3 unspecified atom stereocenters. The Kier molecular flexibility index (Phi) is 2.30. The second-order valence-electron chi connectivity index (χ2n) is 4.73. The van der Waals surface area contributed by atoms with Gasteiger partial charge in [0.05, 0.1) is 6.10 Å². The normalized spacial score (nSPS) is 41.4. The van der Waals surface area contributed by atoms with E-state index in [0.29, 0.717) is 0 Å². The number of hydrogen-bond donors (Lipinski definition) is 1. The average molecular weight is 170 g/mol. The van der Waals surface area contributed by atoms with Crippen molar-refractivity contribution in [3.63, 3.8) is 0 Å². The van der Waals surface area contributed by atoms with Crippen LogP contribution in [0.3, 0.4) is 0 Å². The predicted octanol–water partition coefficient (Wildman–Crippen LogP) is 1.62. The van der Waals surface area contributed by atoms with Gasteiger partial charge in [-0.25, -0.2) is 0 Å². The standard InChI is InChI=1S/C10H18O2/c1-6-5-10(3,4)9(12)7(2)8(6)11/h6-7,9,12H,5H2,1-4H3. The molecule has 12 heavy (non-hydrogen) atoms. The molecule has 0 aromatic carbocycles. The van der Waals surface area contributed by atoms with E-state index in [2.05, 4.69) is 0 Å². The highest BCUT2D eigenvalue weighted by Gasteiger charge is 2.43. The number of hydrogen-bond acceptors (Lipinski definition) is 2. The molecule has 0 saturated heterocycles. The Hall–Kier alpha value is -0.370. The summed E-state index contributed by atoms with van der Waals surface area (Å²) in [5.41, 5.74) is -0.104. The van der Waals surface area contributed by atoms with Crippen molar-refractivity contribution in [1.82, 2.24) is 0 Å². The molecule has 0 aromatic rings. The average Bonchev–Trinajstić information content (AvgIpc) is 1.97. The van der Waals surface area contributed by atoms with Gasteiger partial charge in [-0.3, -0.25) is 4.79 Å². The molecule has 1 aliphatic rings. The summed E-state index contributed by atoms with van der Waals surface area (Å²) >= 11 is 0. The third kappa shape index (κ3) is 1.40. The van der Waals surface area contributed by atoms with Crippen LogP contribution < -0.4 is 0 Å². The third-order valence-electron chi connectivity index (χ3n) is 3.04. The molecule has 70 valence electrons. The van der Waals surface area contributed by atoms with Crippen molar-refractivity contribution in [3.05, 3.63) is 0 Å². The van der Waals surface area contributed by atoms with Gasteiger partial charge in [-0.05, 0) is 11.8 Å². The van der Waals surface area contributed by atoms with Crippen LogP contribution in [0.2, 0.25) is 0 Å². The molecule has 2 nitrogen and oxygen atoms in total. The second-order valence-corrected chi connectivity index (χ2v) is 4.73. The van der Waals surface area contributed by atoms with E-state index >= 15 is 0 Å². The highest BCUT2D eigenvalue weighted by molar-refractivity contribution is 5.84. The minimum absolute atomic E-state index is 0.104. The van der Waals surface area contributed by atoms with Crippen molar-refractivity contribution in [2.24, 2.45) is 17.3 Å². The number of carbonyl (C=O) groups is 1. The van der Waals surface area contributed by atoms with Gasteiger partial charge in [-0.15, -0.1) is 0 Å². The number of Topliss-reactive ketones (excluding diaryl/α,β-unsaturated/α-hetero) is 1. The predicted molar refractivity (Wildman–Crippen MR) is 47.7 cm³/mol. The first-order valence-corrected chi connectivity index (χ1v) is 4.58. The van der Waals surface area contributed by atoms with E-state index in [4.69, 9.17) is 0 Å². The van der Waals surface area contributed by atoms with E-state index in [1.165, 1.54) is 0 Å². The topological polar surface area (TPSA) is 37.3 Å². The maximum atomic E-state index is 11.5. The van der Waals surface area contributed by atoms with Gasteiger partial charge in [0.1, 0.15) is 5.78 Å². The fraction of sp³-hybridized carbons (Fsp3) is 0.900. The zero-order valence-electron chi connectivity index (χ0n) is 8.29. The molecular weight excluding hydrogens is 152 g/mol. The molecule has 0 bridgehead atoms. The van der Waals surface area contributed by atoms with Gasteiger partial charge >= 0.3 is 0 Å². The fourth-order valence-corrected chi connectivity index (χ4v) is 2.29. The van der Waals surface area contributed by atoms with Crippen LogP contribution in [0.1, 0.15) is 34.1 Å². The lowest BCUT2D eigenvalue weighted by atomic mass is 9.66. The Bertz CT molecular complexity index is 196. The lowest BCUT2D eigenvalue weighted by Gasteiger charge is -2.41. The third-order valence-corrected chi connectivity index (χ3v) is 3.04. The van der Waals surface area contributed by atoms with Crippen molar-refractivity contribution in [3.8, 4) is 0 Å². The van der Waals surface area contributed by atoms with Gasteiger partial charge in [-0.2, -0.15) is 0 Å². The van der Waals surface area contributed by atoms with Crippen LogP contribution in [0, 0.1) is 17.3 Å². The Balaban J connectivity index is 2.85. The minimum Gasteiger partial charge on any atom is -0.392 e. The maximum Gasteiger partial charge on any atom is 0.141 e. The van der Waals surface area contributed by atoms with E-state index in [1.54, 1.807) is 0 Å². The molecule has 1 aliphatic carbocycles. The molecule has 3 atom stereocenters. The van der Waals surface area contributed by atoms with Crippen LogP contribution in [0.25, 0.3) is 0 Å². The summed E-state index contributed by atoms with van der Waals surface area (Å²) in [4.78, 5) is 11.5. The first-order chi connectivity index (χ1) is 5.36. The zero-order chi connectivity index (χ0) is 9.52. The van der Waals surface area contributed by atoms with E-state index in [-0.39, 0.29) is 23.0 Å². The van der Waals surface area contributed by atoms with Crippen molar-refractivity contribution in [2.45, 2.75) is 40.2 Å². The van der Waals surface area contributed by atoms with E-state index < -0.39 is 6.10 Å². The van der Waals surface area contributed by atoms with Crippen molar-refractivity contribution in [2.75, 3.05) is 0 Å². The van der Waals surface area contributed by atoms with Gasteiger partial charge in [0.2, 0.25) is 0 Å². The number of aliphatic hydroxyl groups is 1. The van der Waals surface area contributed by atoms with Gasteiger partial charge < -0.3 is 5.11 Å². The van der Waals surface area contributed by atoms with Gasteiger partial charge in [0, 0.05) is 11.8 Å². The lowest BCUT2D eigenvalue weighted by Crippen LogP contribution is -2.46. The Morgan fingerprint density at radius 2 is 1.92 bits per heavy atom. The smallest absolute Gasteiger partial charge is 0.141 e. The van der Waals surface area contributed by atoms with Crippen LogP contribution in [0.4, 0.5) is 0 Å². The highest BCUT2D eigenvalue weighted by atomic mass is 16.3. The van der Waals surface area contributed by atoms with Crippen LogP contribution in [0.5, 0.6) is 0 Å². The summed E-state index contributed by atoms with van der Waals surface area (Å²) in [6, 6.07) is 0. The van der Waals surface area contributed by atoms with Crippen LogP contribution in [0.15, 0.2) is 0 Å². The van der Waals surface area contributed by atoms with E-state index in [9.17, 15) is 9.90 Å². The van der Waals surface area contributed by atoms with E-state index in [0.717, 1.165) is 6.42 Å². The number of carbonyl (C=O) groups excluding carboxylic acids is 1. The monoisotopic (exact) mass is 170 g/mol. The van der Waals surface area contributed by atoms with Crippen molar-refractivity contribution in [1.29, 1.82) is 0 Å². The van der Waals surface area contributed by atoms with Crippen molar-refractivity contribution >= 4 is 5.78 Å². The molecule has 2 heteroatoms. The van der Waals surface area contributed by atoms with Gasteiger partial charge in [0.15, 0.2) is 0 Å². The molecule has 0 heterocycles. The molecule has 0 aliphatic heterocycles. The molecule has 0 amide bonds. The largest absolute Gasteiger partial charge is 0.392 e. The molecule has 0 radical (unpaired) electrons. The first-order valence-electron chi connectivity index (χ1n) is 4.58. The SMILES string of the molecule is CC1CC(C)(C)C(O)C(C)C1=O. The number of aliphatic hydroxyl groups excluding tert-OH is 1. The number of rotatable bonds is 0. The summed E-state index contributed by atoms with van der Waals surface area (Å²) in [5, 5.41) is 9.77. The number of ketones is 1. The Labute approximate surface area is 74.0 Å². The minimum atomic E-state index is -0.471. The fourth-order valence-electron chi connectivity index (χ4n) is 2.29. The Morgan fingerprint density at radius 1 is 1.42 bits per heavy atom. The molecule has 1 rings (SSSR count). The lowest BCUT2D eigenvalue weighted by molar-refractivity contribution is -0.141. The summed E-state index contributed by atoms with van der Waals surface area (Å²) in [6.45, 7) is 7.82. The first kappa shape index (κ1) is 9.72. The molecular formula is C10H18O2. The van der Waals surface area contributed by atoms with E-state index in [1.807, 2.05) is 27.7 Å². The maximum absolute atomic E-state index is 11.5. The molecule has 0 spiro atoms. The summed E-state index contributed by atoms with van der Waals surface area (Å²) < 4.78 is 0.